The number of benzene rings is 1. The number of hydrogen-bond acceptors (Lipinski definition) is 3. The van der Waals surface area contributed by atoms with Crippen molar-refractivity contribution < 1.29 is 8.42 Å². The van der Waals surface area contributed by atoms with E-state index < -0.39 is 9.84 Å². The third kappa shape index (κ3) is 1.66. The van der Waals surface area contributed by atoms with Crippen LogP contribution in [0.4, 0.5) is 5.69 Å². The molecule has 0 spiro atoms. The van der Waals surface area contributed by atoms with Gasteiger partial charge in [-0.05, 0) is 34.5 Å². The Hall–Kier alpha value is -0.550. The van der Waals surface area contributed by atoms with Gasteiger partial charge in [-0.15, -0.1) is 0 Å². The van der Waals surface area contributed by atoms with Crippen LogP contribution in [-0.4, -0.2) is 20.7 Å². The quantitative estimate of drug-likeness (QED) is 0.788. The van der Waals surface area contributed by atoms with Crippen molar-refractivity contribution in [2.45, 2.75) is 11.3 Å². The van der Waals surface area contributed by atoms with Gasteiger partial charge in [0.2, 0.25) is 0 Å². The maximum Gasteiger partial charge on any atom is 0.180 e. The molecule has 0 aromatic heterocycles. The Morgan fingerprint density at radius 3 is 2.93 bits per heavy atom. The molecule has 1 aliphatic rings. The van der Waals surface area contributed by atoms with Crippen molar-refractivity contribution >= 4 is 31.5 Å². The number of para-hydroxylation sites is 1. The molecule has 2 rings (SSSR count). The Balaban J connectivity index is 2.68. The molecule has 5 heteroatoms. The van der Waals surface area contributed by atoms with Crippen molar-refractivity contribution in [1.29, 1.82) is 0 Å². The highest BCUT2D eigenvalue weighted by atomic mass is 79.9. The Morgan fingerprint density at radius 1 is 1.36 bits per heavy atom. The first kappa shape index (κ1) is 9.98. The molecule has 0 saturated heterocycles. The van der Waals surface area contributed by atoms with Crippen LogP contribution in [0.2, 0.25) is 0 Å². The number of sulfone groups is 1. The number of halogens is 1. The highest BCUT2D eigenvalue weighted by Gasteiger charge is 2.22. The molecular weight excluding hydrogens is 266 g/mol. The Labute approximate surface area is 91.6 Å². The SMILES string of the molecule is O=S1(=O)CCCNc2c(Br)cccc21. The van der Waals surface area contributed by atoms with Gasteiger partial charge in [-0.1, -0.05) is 6.07 Å². The van der Waals surface area contributed by atoms with Crippen LogP contribution in [-0.2, 0) is 9.84 Å². The number of hydrogen-bond donors (Lipinski definition) is 1. The van der Waals surface area contributed by atoms with Gasteiger partial charge in [-0.2, -0.15) is 0 Å². The molecule has 0 unspecified atom stereocenters. The highest BCUT2D eigenvalue weighted by molar-refractivity contribution is 9.10. The molecule has 0 bridgehead atoms. The Bertz CT molecular complexity index is 456. The fourth-order valence-corrected chi connectivity index (χ4v) is 3.68. The minimum atomic E-state index is -3.09. The van der Waals surface area contributed by atoms with Gasteiger partial charge >= 0.3 is 0 Å². The molecule has 1 aromatic rings. The molecule has 1 heterocycles. The second kappa shape index (κ2) is 3.55. The average Bonchev–Trinajstić information content (AvgIpc) is 2.27. The molecule has 76 valence electrons. The third-order valence-corrected chi connectivity index (χ3v) is 4.70. The van der Waals surface area contributed by atoms with Gasteiger partial charge < -0.3 is 5.32 Å². The van der Waals surface area contributed by atoms with Crippen molar-refractivity contribution in [3.8, 4) is 0 Å². The van der Waals surface area contributed by atoms with E-state index >= 15 is 0 Å². The first-order valence-corrected chi connectivity index (χ1v) is 6.81. The average molecular weight is 276 g/mol. The molecule has 0 amide bonds. The summed E-state index contributed by atoms with van der Waals surface area (Å²) in [7, 11) is -3.09. The highest BCUT2D eigenvalue weighted by Crippen LogP contribution is 2.32. The second-order valence-electron chi connectivity index (χ2n) is 3.21. The standard InChI is InChI=1S/C9H10BrNO2S/c10-7-3-1-4-8-9(7)11-5-2-6-14(8,12)13/h1,3-4,11H,2,5-6H2. The van der Waals surface area contributed by atoms with E-state index in [0.717, 1.165) is 4.47 Å². The lowest BCUT2D eigenvalue weighted by Crippen LogP contribution is -2.05. The van der Waals surface area contributed by atoms with E-state index in [0.29, 0.717) is 23.5 Å². The van der Waals surface area contributed by atoms with Gasteiger partial charge in [0.25, 0.3) is 0 Å². The van der Waals surface area contributed by atoms with Crippen LogP contribution < -0.4 is 5.32 Å². The largest absolute Gasteiger partial charge is 0.383 e. The summed E-state index contributed by atoms with van der Waals surface area (Å²) < 4.78 is 24.4. The van der Waals surface area contributed by atoms with Gasteiger partial charge in [-0.25, -0.2) is 8.42 Å². The first-order chi connectivity index (χ1) is 6.61. The summed E-state index contributed by atoms with van der Waals surface area (Å²) >= 11 is 3.34. The van der Waals surface area contributed by atoms with Crippen LogP contribution >= 0.6 is 15.9 Å². The van der Waals surface area contributed by atoms with Crippen LogP contribution in [0.3, 0.4) is 0 Å². The second-order valence-corrected chi connectivity index (χ2v) is 6.14. The van der Waals surface area contributed by atoms with Crippen LogP contribution in [0.15, 0.2) is 27.6 Å². The summed E-state index contributed by atoms with van der Waals surface area (Å²) in [6, 6.07) is 5.23. The van der Waals surface area contributed by atoms with Crippen molar-refractivity contribution in [2.75, 3.05) is 17.6 Å². The Kier molecular flexibility index (Phi) is 2.53. The lowest BCUT2D eigenvalue weighted by Gasteiger charge is -2.08. The molecule has 0 atom stereocenters. The van der Waals surface area contributed by atoms with E-state index in [2.05, 4.69) is 21.2 Å². The van der Waals surface area contributed by atoms with Crippen LogP contribution in [0.5, 0.6) is 0 Å². The number of anilines is 1. The zero-order chi connectivity index (χ0) is 10.2. The zero-order valence-corrected chi connectivity index (χ0v) is 9.86. The summed E-state index contributed by atoms with van der Waals surface area (Å²) in [6.45, 7) is 0.703. The molecule has 0 fully saturated rings. The van der Waals surface area contributed by atoms with E-state index in [1.807, 2.05) is 6.07 Å². The van der Waals surface area contributed by atoms with E-state index in [-0.39, 0.29) is 5.75 Å². The molecule has 1 aliphatic heterocycles. The zero-order valence-electron chi connectivity index (χ0n) is 7.46. The van der Waals surface area contributed by atoms with Crippen molar-refractivity contribution in [3.63, 3.8) is 0 Å². The summed E-state index contributed by atoms with van der Waals surface area (Å²) in [6.07, 6.45) is 0.656. The lowest BCUT2D eigenvalue weighted by atomic mass is 10.3. The smallest absolute Gasteiger partial charge is 0.180 e. The van der Waals surface area contributed by atoms with Crippen LogP contribution in [0.25, 0.3) is 0 Å². The monoisotopic (exact) mass is 275 g/mol. The molecule has 0 aliphatic carbocycles. The van der Waals surface area contributed by atoms with Crippen LogP contribution in [0.1, 0.15) is 6.42 Å². The minimum absolute atomic E-state index is 0.226. The van der Waals surface area contributed by atoms with E-state index in [1.165, 1.54) is 0 Å². The van der Waals surface area contributed by atoms with Gasteiger partial charge in [0.05, 0.1) is 16.3 Å². The molecule has 0 radical (unpaired) electrons. The van der Waals surface area contributed by atoms with E-state index in [9.17, 15) is 8.42 Å². The van der Waals surface area contributed by atoms with Gasteiger partial charge in [0, 0.05) is 11.0 Å². The number of rotatable bonds is 0. The van der Waals surface area contributed by atoms with Gasteiger partial charge in [0.1, 0.15) is 0 Å². The van der Waals surface area contributed by atoms with E-state index in [1.54, 1.807) is 12.1 Å². The van der Waals surface area contributed by atoms with Crippen molar-refractivity contribution in [1.82, 2.24) is 0 Å². The maximum absolute atomic E-state index is 11.8. The minimum Gasteiger partial charge on any atom is -0.383 e. The Morgan fingerprint density at radius 2 is 2.14 bits per heavy atom. The van der Waals surface area contributed by atoms with Crippen LogP contribution in [0, 0.1) is 0 Å². The normalized spacial score (nSPS) is 19.2. The lowest BCUT2D eigenvalue weighted by molar-refractivity contribution is 0.596. The topological polar surface area (TPSA) is 46.2 Å². The number of fused-ring (bicyclic) bond motifs is 1. The molecule has 1 N–H and O–H groups in total. The van der Waals surface area contributed by atoms with Crippen molar-refractivity contribution in [2.24, 2.45) is 0 Å². The maximum atomic E-state index is 11.8. The first-order valence-electron chi connectivity index (χ1n) is 4.36. The molecular formula is C9H10BrNO2S. The fraction of sp³-hybridized carbons (Fsp3) is 0.333. The fourth-order valence-electron chi connectivity index (χ4n) is 1.52. The predicted molar refractivity (Wildman–Crippen MR) is 59.3 cm³/mol. The molecule has 0 saturated carbocycles. The predicted octanol–water partition coefficient (Wildman–Crippen LogP) is 2.04. The number of nitrogens with one attached hydrogen (secondary N) is 1. The summed E-state index contributed by atoms with van der Waals surface area (Å²) in [5.74, 6) is 0.226. The summed E-state index contributed by atoms with van der Waals surface area (Å²) in [4.78, 5) is 0.407. The summed E-state index contributed by atoms with van der Waals surface area (Å²) in [5, 5.41) is 3.12. The van der Waals surface area contributed by atoms with Crippen molar-refractivity contribution in [3.05, 3.63) is 22.7 Å². The molecule has 1 aromatic carbocycles. The van der Waals surface area contributed by atoms with Gasteiger partial charge in [-0.3, -0.25) is 0 Å². The molecule has 3 nitrogen and oxygen atoms in total. The van der Waals surface area contributed by atoms with Gasteiger partial charge in [0.15, 0.2) is 9.84 Å². The summed E-state index contributed by atoms with van der Waals surface area (Å²) in [5.41, 5.74) is 0.699. The molecule has 14 heavy (non-hydrogen) atoms. The third-order valence-electron chi connectivity index (χ3n) is 2.20. The van der Waals surface area contributed by atoms with E-state index in [4.69, 9.17) is 0 Å².